The number of benzene rings is 2. The third-order valence-electron chi connectivity index (χ3n) is 5.96. The van der Waals surface area contributed by atoms with Crippen molar-refractivity contribution in [1.82, 2.24) is 25.6 Å². The normalized spacial score (nSPS) is 11.2. The molecule has 0 aliphatic rings. The lowest BCUT2D eigenvalue weighted by molar-refractivity contribution is -0.115. The first-order valence-electron chi connectivity index (χ1n) is 12.7. The first-order chi connectivity index (χ1) is 17.8. The van der Waals surface area contributed by atoms with E-state index in [1.54, 1.807) is 6.20 Å². The Morgan fingerprint density at radius 3 is 2.32 bits per heavy atom. The quantitative estimate of drug-likeness (QED) is 0.299. The van der Waals surface area contributed by atoms with Gasteiger partial charge in [-0.1, -0.05) is 64.1 Å². The highest BCUT2D eigenvalue weighted by Gasteiger charge is 2.19. The summed E-state index contributed by atoms with van der Waals surface area (Å²) in [6.07, 6.45) is 2.02. The molecule has 8 heteroatoms. The van der Waals surface area contributed by atoms with Crippen molar-refractivity contribution in [2.45, 2.75) is 41.0 Å². The molecule has 0 unspecified atom stereocenters. The summed E-state index contributed by atoms with van der Waals surface area (Å²) in [5.74, 6) is 1.46. The van der Waals surface area contributed by atoms with E-state index < -0.39 is 0 Å². The SMILES string of the molecule is Cc1ccc(CC(=O)Nc2cc(-c3ccccc3-c3nnn[nH]3)ccc2N(CC(C)C)CC(C)C)cn1. The van der Waals surface area contributed by atoms with E-state index in [0.717, 1.165) is 52.4 Å². The molecule has 4 aromatic rings. The molecule has 2 N–H and O–H groups in total. The summed E-state index contributed by atoms with van der Waals surface area (Å²) in [6, 6.07) is 18.1. The van der Waals surface area contributed by atoms with Crippen LogP contribution in [0, 0.1) is 18.8 Å². The summed E-state index contributed by atoms with van der Waals surface area (Å²) in [5, 5.41) is 17.7. The van der Waals surface area contributed by atoms with Crippen molar-refractivity contribution in [3.63, 3.8) is 0 Å². The van der Waals surface area contributed by atoms with Gasteiger partial charge in [-0.05, 0) is 64.1 Å². The fraction of sp³-hybridized carbons (Fsp3) is 0.345. The Labute approximate surface area is 218 Å². The number of rotatable bonds is 10. The van der Waals surface area contributed by atoms with Crippen LogP contribution in [0.25, 0.3) is 22.5 Å². The number of anilines is 2. The van der Waals surface area contributed by atoms with Gasteiger partial charge in [0, 0.05) is 30.5 Å². The molecule has 0 aliphatic carbocycles. The number of aromatic nitrogens is 5. The van der Waals surface area contributed by atoms with Crippen LogP contribution in [-0.2, 0) is 11.2 Å². The number of pyridine rings is 1. The van der Waals surface area contributed by atoms with Crippen LogP contribution in [0.3, 0.4) is 0 Å². The van der Waals surface area contributed by atoms with Gasteiger partial charge in [-0.2, -0.15) is 0 Å². The van der Waals surface area contributed by atoms with Crippen molar-refractivity contribution < 1.29 is 4.79 Å². The van der Waals surface area contributed by atoms with Gasteiger partial charge in [0.1, 0.15) is 0 Å². The summed E-state index contributed by atoms with van der Waals surface area (Å²) in [7, 11) is 0. The highest BCUT2D eigenvalue weighted by atomic mass is 16.1. The van der Waals surface area contributed by atoms with Crippen molar-refractivity contribution in [3.8, 4) is 22.5 Å². The minimum atomic E-state index is -0.0779. The largest absolute Gasteiger partial charge is 0.369 e. The zero-order valence-electron chi connectivity index (χ0n) is 22.2. The van der Waals surface area contributed by atoms with E-state index in [-0.39, 0.29) is 12.3 Å². The number of aromatic amines is 1. The lowest BCUT2D eigenvalue weighted by Crippen LogP contribution is -2.32. The van der Waals surface area contributed by atoms with Crippen molar-refractivity contribution in [1.29, 1.82) is 0 Å². The van der Waals surface area contributed by atoms with Crippen LogP contribution in [0.4, 0.5) is 11.4 Å². The lowest BCUT2D eigenvalue weighted by Gasteiger charge is -2.31. The van der Waals surface area contributed by atoms with E-state index in [9.17, 15) is 4.79 Å². The first kappa shape index (κ1) is 26.0. The van der Waals surface area contributed by atoms with Gasteiger partial charge < -0.3 is 10.2 Å². The van der Waals surface area contributed by atoms with E-state index in [1.165, 1.54) is 0 Å². The van der Waals surface area contributed by atoms with Crippen LogP contribution in [0.1, 0.15) is 39.0 Å². The van der Waals surface area contributed by atoms with Crippen molar-refractivity contribution in [2.75, 3.05) is 23.3 Å². The van der Waals surface area contributed by atoms with Crippen LogP contribution in [0.15, 0.2) is 60.8 Å². The maximum atomic E-state index is 13.2. The van der Waals surface area contributed by atoms with Crippen molar-refractivity contribution >= 4 is 17.3 Å². The Kier molecular flexibility index (Phi) is 8.28. The molecule has 192 valence electrons. The average molecular weight is 498 g/mol. The Bertz CT molecular complexity index is 1300. The molecule has 4 rings (SSSR count). The van der Waals surface area contributed by atoms with E-state index in [0.29, 0.717) is 17.7 Å². The molecule has 1 amide bonds. The van der Waals surface area contributed by atoms with Gasteiger partial charge in [-0.25, -0.2) is 5.10 Å². The average Bonchev–Trinajstić information content (AvgIpc) is 3.39. The standard InChI is InChI=1S/C29H35N7O/c1-19(2)17-36(18-20(3)4)27-13-12-23(24-8-6-7-9-25(24)29-32-34-35-33-29)15-26(27)31-28(37)14-22-11-10-21(5)30-16-22/h6-13,15-16,19-20H,14,17-18H2,1-5H3,(H,31,37)(H,32,33,34,35). The Hall–Kier alpha value is -4.07. The van der Waals surface area contributed by atoms with Crippen LogP contribution >= 0.6 is 0 Å². The van der Waals surface area contributed by atoms with E-state index >= 15 is 0 Å². The zero-order chi connectivity index (χ0) is 26.4. The fourth-order valence-corrected chi connectivity index (χ4v) is 4.43. The molecule has 0 radical (unpaired) electrons. The highest BCUT2D eigenvalue weighted by molar-refractivity contribution is 5.97. The van der Waals surface area contributed by atoms with E-state index in [2.05, 4.69) is 81.7 Å². The Morgan fingerprint density at radius 1 is 0.973 bits per heavy atom. The molecule has 8 nitrogen and oxygen atoms in total. The molecule has 37 heavy (non-hydrogen) atoms. The molecule has 0 spiro atoms. The molecule has 0 fully saturated rings. The smallest absolute Gasteiger partial charge is 0.228 e. The second kappa shape index (κ2) is 11.8. The maximum absolute atomic E-state index is 13.2. The van der Waals surface area contributed by atoms with Crippen LogP contribution in [0.2, 0.25) is 0 Å². The molecule has 2 heterocycles. The number of nitrogens with one attached hydrogen (secondary N) is 2. The summed E-state index contributed by atoms with van der Waals surface area (Å²) in [4.78, 5) is 19.9. The monoisotopic (exact) mass is 497 g/mol. The number of aryl methyl sites for hydroxylation is 1. The van der Waals surface area contributed by atoms with Gasteiger partial charge in [-0.3, -0.25) is 9.78 Å². The Balaban J connectivity index is 1.74. The lowest BCUT2D eigenvalue weighted by atomic mass is 9.97. The predicted molar refractivity (Wildman–Crippen MR) is 148 cm³/mol. The van der Waals surface area contributed by atoms with Gasteiger partial charge in [0.15, 0.2) is 5.82 Å². The third-order valence-corrected chi connectivity index (χ3v) is 5.96. The maximum Gasteiger partial charge on any atom is 0.228 e. The third kappa shape index (κ3) is 6.78. The molecule has 0 aliphatic heterocycles. The highest BCUT2D eigenvalue weighted by Crippen LogP contribution is 2.36. The molecular weight excluding hydrogens is 462 g/mol. The number of amides is 1. The summed E-state index contributed by atoms with van der Waals surface area (Å²) in [5.41, 5.74) is 6.45. The second-order valence-electron chi connectivity index (χ2n) is 10.3. The predicted octanol–water partition coefficient (Wildman–Crippen LogP) is 5.54. The molecule has 2 aromatic carbocycles. The van der Waals surface area contributed by atoms with Gasteiger partial charge >= 0.3 is 0 Å². The molecule has 0 saturated carbocycles. The van der Waals surface area contributed by atoms with Crippen molar-refractivity contribution in [3.05, 3.63) is 72.1 Å². The van der Waals surface area contributed by atoms with Crippen molar-refractivity contribution in [2.24, 2.45) is 11.8 Å². The van der Waals surface area contributed by atoms with Crippen LogP contribution < -0.4 is 10.2 Å². The molecular formula is C29H35N7O. The summed E-state index contributed by atoms with van der Waals surface area (Å²) < 4.78 is 0. The van der Waals surface area contributed by atoms with Gasteiger partial charge in [0.05, 0.1) is 17.8 Å². The molecule has 2 aromatic heterocycles. The van der Waals surface area contributed by atoms with Crippen LogP contribution in [-0.4, -0.2) is 44.6 Å². The fourth-order valence-electron chi connectivity index (χ4n) is 4.43. The number of carbonyl (C=O) groups excluding carboxylic acids is 1. The van der Waals surface area contributed by atoms with E-state index in [4.69, 9.17) is 0 Å². The van der Waals surface area contributed by atoms with Crippen LogP contribution in [0.5, 0.6) is 0 Å². The second-order valence-corrected chi connectivity index (χ2v) is 10.3. The number of hydrogen-bond acceptors (Lipinski definition) is 6. The first-order valence-corrected chi connectivity index (χ1v) is 12.7. The number of hydrogen-bond donors (Lipinski definition) is 2. The Morgan fingerprint density at radius 2 is 1.70 bits per heavy atom. The van der Waals surface area contributed by atoms with Gasteiger partial charge in [0.25, 0.3) is 0 Å². The molecule has 0 saturated heterocycles. The number of H-pyrrole nitrogens is 1. The number of nitrogens with zero attached hydrogens (tertiary/aromatic N) is 5. The minimum absolute atomic E-state index is 0.0779. The number of carbonyl (C=O) groups is 1. The minimum Gasteiger partial charge on any atom is -0.369 e. The summed E-state index contributed by atoms with van der Waals surface area (Å²) >= 11 is 0. The van der Waals surface area contributed by atoms with Gasteiger partial charge in [-0.15, -0.1) is 5.10 Å². The molecule has 0 atom stereocenters. The molecule has 0 bridgehead atoms. The topological polar surface area (TPSA) is 99.7 Å². The summed E-state index contributed by atoms with van der Waals surface area (Å²) in [6.45, 7) is 12.6. The number of tetrazole rings is 1. The van der Waals surface area contributed by atoms with E-state index in [1.807, 2.05) is 43.3 Å². The van der Waals surface area contributed by atoms with Gasteiger partial charge in [0.2, 0.25) is 5.91 Å². The zero-order valence-corrected chi connectivity index (χ0v) is 22.2.